The number of nitrogens with zero attached hydrogens (tertiary/aromatic N) is 1. The molecular weight excluding hydrogens is 266 g/mol. The van der Waals surface area contributed by atoms with Crippen LogP contribution in [-0.4, -0.2) is 31.5 Å². The Balaban J connectivity index is 1.93. The number of fused-ring (bicyclic) bond motifs is 2. The van der Waals surface area contributed by atoms with Crippen molar-refractivity contribution in [2.45, 2.75) is 44.6 Å². The fourth-order valence-corrected chi connectivity index (χ4v) is 3.30. The van der Waals surface area contributed by atoms with Gasteiger partial charge in [0, 0.05) is 25.2 Å². The van der Waals surface area contributed by atoms with Gasteiger partial charge in [-0.15, -0.1) is 0 Å². The van der Waals surface area contributed by atoms with Crippen LogP contribution in [0.5, 0.6) is 0 Å². The highest BCUT2D eigenvalue weighted by Crippen LogP contribution is 2.46. The molecule has 0 aromatic heterocycles. The summed E-state index contributed by atoms with van der Waals surface area (Å²) in [5, 5.41) is 0. The normalized spacial score (nSPS) is 20.4. The lowest BCUT2D eigenvalue weighted by Crippen LogP contribution is -2.42. The van der Waals surface area contributed by atoms with E-state index in [0.29, 0.717) is 6.54 Å². The van der Waals surface area contributed by atoms with Gasteiger partial charge in [-0.2, -0.15) is 0 Å². The molecule has 3 rings (SSSR count). The van der Waals surface area contributed by atoms with Crippen molar-refractivity contribution in [2.75, 3.05) is 24.7 Å². The third-order valence-electron chi connectivity index (χ3n) is 4.29. The molecule has 1 spiro atoms. The molecule has 21 heavy (non-hydrogen) atoms. The zero-order chi connectivity index (χ0) is 15.1. The second-order valence-corrected chi connectivity index (χ2v) is 6.98. The molecule has 0 aliphatic carbocycles. The smallest absolute Gasteiger partial charge is 0.414 e. The predicted molar refractivity (Wildman–Crippen MR) is 81.8 cm³/mol. The first-order valence-corrected chi connectivity index (χ1v) is 7.59. The number of benzene rings is 1. The van der Waals surface area contributed by atoms with Crippen molar-refractivity contribution in [1.82, 2.24) is 0 Å². The van der Waals surface area contributed by atoms with Crippen LogP contribution in [0.15, 0.2) is 24.3 Å². The number of anilines is 1. The minimum Gasteiger partial charge on any atom is -0.443 e. The zero-order valence-electron chi connectivity index (χ0n) is 13.0. The summed E-state index contributed by atoms with van der Waals surface area (Å²) < 4.78 is 11.1. The molecule has 0 radical (unpaired) electrons. The Morgan fingerprint density at radius 3 is 2.57 bits per heavy atom. The second kappa shape index (κ2) is 5.02. The summed E-state index contributed by atoms with van der Waals surface area (Å²) in [7, 11) is 0. The standard InChI is InChI=1S/C17H23NO3/c1-16(2,3)21-15(19)18-12-17(8-10-20-11-9-17)13-6-4-5-7-14(13)18/h4-7H,8-12H2,1-3H3. The number of para-hydroxylation sites is 1. The van der Waals surface area contributed by atoms with Crippen molar-refractivity contribution < 1.29 is 14.3 Å². The monoisotopic (exact) mass is 289 g/mol. The van der Waals surface area contributed by atoms with Crippen molar-refractivity contribution >= 4 is 11.8 Å². The second-order valence-electron chi connectivity index (χ2n) is 6.98. The summed E-state index contributed by atoms with van der Waals surface area (Å²) in [6, 6.07) is 8.19. The lowest BCUT2D eigenvalue weighted by Gasteiger charge is -2.34. The van der Waals surface area contributed by atoms with Gasteiger partial charge in [0.05, 0.1) is 5.69 Å². The van der Waals surface area contributed by atoms with E-state index in [9.17, 15) is 4.79 Å². The summed E-state index contributed by atoms with van der Waals surface area (Å²) in [6.07, 6.45) is 1.67. The van der Waals surface area contributed by atoms with E-state index < -0.39 is 5.60 Å². The van der Waals surface area contributed by atoms with Crippen LogP contribution in [0.4, 0.5) is 10.5 Å². The van der Waals surface area contributed by atoms with E-state index >= 15 is 0 Å². The fraction of sp³-hybridized carbons (Fsp3) is 0.588. The van der Waals surface area contributed by atoms with Crippen LogP contribution in [-0.2, 0) is 14.9 Å². The predicted octanol–water partition coefficient (Wildman–Crippen LogP) is 3.49. The summed E-state index contributed by atoms with van der Waals surface area (Å²) in [5.74, 6) is 0. The summed E-state index contributed by atoms with van der Waals surface area (Å²) in [6.45, 7) is 7.92. The summed E-state index contributed by atoms with van der Waals surface area (Å²) in [4.78, 5) is 14.3. The number of ether oxygens (including phenoxy) is 2. The molecule has 1 aromatic carbocycles. The molecule has 0 unspecified atom stereocenters. The molecule has 1 saturated heterocycles. The summed E-state index contributed by atoms with van der Waals surface area (Å²) in [5.41, 5.74) is 1.82. The van der Waals surface area contributed by atoms with E-state index in [-0.39, 0.29) is 11.5 Å². The van der Waals surface area contributed by atoms with Gasteiger partial charge in [-0.05, 0) is 45.2 Å². The molecule has 0 atom stereocenters. The lowest BCUT2D eigenvalue weighted by atomic mass is 9.76. The highest BCUT2D eigenvalue weighted by molar-refractivity contribution is 5.91. The Bertz CT molecular complexity index is 541. The number of rotatable bonds is 0. The Hall–Kier alpha value is -1.55. The van der Waals surface area contributed by atoms with Crippen molar-refractivity contribution in [3.05, 3.63) is 29.8 Å². The molecule has 4 heteroatoms. The van der Waals surface area contributed by atoms with Crippen LogP contribution in [0.3, 0.4) is 0 Å². The number of carbonyl (C=O) groups excluding carboxylic acids is 1. The quantitative estimate of drug-likeness (QED) is 0.734. The summed E-state index contributed by atoms with van der Waals surface area (Å²) >= 11 is 0. The zero-order valence-corrected chi connectivity index (χ0v) is 13.0. The molecule has 1 aromatic rings. The number of amides is 1. The van der Waals surface area contributed by atoms with E-state index in [0.717, 1.165) is 31.7 Å². The van der Waals surface area contributed by atoms with E-state index in [1.54, 1.807) is 4.90 Å². The van der Waals surface area contributed by atoms with Gasteiger partial charge in [-0.1, -0.05) is 18.2 Å². The van der Waals surface area contributed by atoms with Gasteiger partial charge in [0.1, 0.15) is 5.60 Å². The van der Waals surface area contributed by atoms with Crippen molar-refractivity contribution in [3.63, 3.8) is 0 Å². The van der Waals surface area contributed by atoms with Crippen LogP contribution >= 0.6 is 0 Å². The average molecular weight is 289 g/mol. The first-order chi connectivity index (χ1) is 9.91. The van der Waals surface area contributed by atoms with Gasteiger partial charge in [-0.3, -0.25) is 4.90 Å². The molecular formula is C17H23NO3. The van der Waals surface area contributed by atoms with Gasteiger partial charge >= 0.3 is 6.09 Å². The van der Waals surface area contributed by atoms with Crippen molar-refractivity contribution in [3.8, 4) is 0 Å². The van der Waals surface area contributed by atoms with Crippen LogP contribution in [0, 0.1) is 0 Å². The van der Waals surface area contributed by atoms with Gasteiger partial charge in [0.2, 0.25) is 0 Å². The lowest BCUT2D eigenvalue weighted by molar-refractivity contribution is 0.0473. The fourth-order valence-electron chi connectivity index (χ4n) is 3.30. The Morgan fingerprint density at radius 2 is 1.90 bits per heavy atom. The minimum absolute atomic E-state index is 0.0335. The van der Waals surface area contributed by atoms with Crippen molar-refractivity contribution in [2.24, 2.45) is 0 Å². The minimum atomic E-state index is -0.475. The SMILES string of the molecule is CC(C)(C)OC(=O)N1CC2(CCOCC2)c2ccccc21. The molecule has 1 fully saturated rings. The molecule has 0 bridgehead atoms. The topological polar surface area (TPSA) is 38.8 Å². The van der Waals surface area contributed by atoms with Gasteiger partial charge in [0.15, 0.2) is 0 Å². The maximum absolute atomic E-state index is 12.5. The average Bonchev–Trinajstić information content (AvgIpc) is 2.74. The van der Waals surface area contributed by atoms with Gasteiger partial charge in [-0.25, -0.2) is 4.79 Å². The van der Waals surface area contributed by atoms with E-state index in [4.69, 9.17) is 9.47 Å². The Labute approximate surface area is 126 Å². The maximum atomic E-state index is 12.5. The molecule has 2 aliphatic heterocycles. The third kappa shape index (κ3) is 2.64. The highest BCUT2D eigenvalue weighted by Gasteiger charge is 2.46. The van der Waals surface area contributed by atoms with Gasteiger partial charge < -0.3 is 9.47 Å². The first kappa shape index (κ1) is 14.4. The Kier molecular flexibility index (Phi) is 3.44. The molecule has 2 heterocycles. The van der Waals surface area contributed by atoms with Crippen LogP contribution < -0.4 is 4.90 Å². The number of hydrogen-bond donors (Lipinski definition) is 0. The van der Waals surface area contributed by atoms with Crippen molar-refractivity contribution in [1.29, 1.82) is 0 Å². The Morgan fingerprint density at radius 1 is 1.24 bits per heavy atom. The number of hydrogen-bond acceptors (Lipinski definition) is 3. The molecule has 4 nitrogen and oxygen atoms in total. The highest BCUT2D eigenvalue weighted by atomic mass is 16.6. The van der Waals surface area contributed by atoms with E-state index in [1.807, 2.05) is 32.9 Å². The van der Waals surface area contributed by atoms with Crippen LogP contribution in [0.25, 0.3) is 0 Å². The molecule has 0 saturated carbocycles. The largest absolute Gasteiger partial charge is 0.443 e. The maximum Gasteiger partial charge on any atom is 0.414 e. The first-order valence-electron chi connectivity index (χ1n) is 7.59. The van der Waals surface area contributed by atoms with Crippen LogP contribution in [0.1, 0.15) is 39.2 Å². The van der Waals surface area contributed by atoms with E-state index in [2.05, 4.69) is 12.1 Å². The van der Waals surface area contributed by atoms with E-state index in [1.165, 1.54) is 5.56 Å². The molecule has 114 valence electrons. The van der Waals surface area contributed by atoms with Gasteiger partial charge in [0.25, 0.3) is 0 Å². The van der Waals surface area contributed by atoms with Crippen LogP contribution in [0.2, 0.25) is 0 Å². The molecule has 2 aliphatic rings. The third-order valence-corrected chi connectivity index (χ3v) is 4.29. The molecule has 0 N–H and O–H groups in total. The molecule has 1 amide bonds. The number of carbonyl (C=O) groups is 1.